The Morgan fingerprint density at radius 2 is 1.41 bits per heavy atom. The van der Waals surface area contributed by atoms with Crippen molar-refractivity contribution in [3.8, 4) is 0 Å². The summed E-state index contributed by atoms with van der Waals surface area (Å²) in [5.41, 5.74) is 5.65. The molecule has 1 N–H and O–H groups in total. The quantitative estimate of drug-likeness (QED) is 0.929. The highest BCUT2D eigenvalue weighted by molar-refractivity contribution is 5.40. The van der Waals surface area contributed by atoms with Crippen LogP contribution in [0.2, 0.25) is 0 Å². The number of aryl methyl sites for hydroxylation is 2. The molecule has 1 fully saturated rings. The van der Waals surface area contributed by atoms with E-state index in [-0.39, 0.29) is 0 Å². The van der Waals surface area contributed by atoms with E-state index < -0.39 is 0 Å². The van der Waals surface area contributed by atoms with Gasteiger partial charge in [0.2, 0.25) is 0 Å². The van der Waals surface area contributed by atoms with Gasteiger partial charge in [-0.15, -0.1) is 0 Å². The van der Waals surface area contributed by atoms with E-state index in [0.717, 1.165) is 26.2 Å². The Labute approximate surface area is 134 Å². The van der Waals surface area contributed by atoms with Gasteiger partial charge in [0.25, 0.3) is 0 Å². The minimum atomic E-state index is 0.363. The molecule has 2 aromatic carbocycles. The van der Waals surface area contributed by atoms with Gasteiger partial charge in [-0.05, 0) is 49.1 Å². The minimum Gasteiger partial charge on any atom is -0.315 e. The van der Waals surface area contributed by atoms with E-state index in [2.05, 4.69) is 72.6 Å². The van der Waals surface area contributed by atoms with Crippen LogP contribution in [0.1, 0.15) is 34.7 Å². The van der Waals surface area contributed by atoms with Crippen LogP contribution in [0.4, 0.5) is 0 Å². The molecule has 116 valence electrons. The van der Waals surface area contributed by atoms with Gasteiger partial charge in [-0.25, -0.2) is 0 Å². The van der Waals surface area contributed by atoms with Crippen molar-refractivity contribution < 1.29 is 0 Å². The van der Waals surface area contributed by atoms with Crippen LogP contribution in [0, 0.1) is 13.8 Å². The first-order valence-electron chi connectivity index (χ1n) is 8.33. The number of benzene rings is 2. The maximum atomic E-state index is 3.52. The molecule has 0 aliphatic carbocycles. The number of hydrogen-bond acceptors (Lipinski definition) is 2. The van der Waals surface area contributed by atoms with Gasteiger partial charge in [0.15, 0.2) is 0 Å². The SMILES string of the molecule is Cc1ccccc1C(c1ccccc1C)N1CCCNCC1. The Balaban J connectivity index is 2.06. The number of nitrogens with zero attached hydrogens (tertiary/aromatic N) is 1. The van der Waals surface area contributed by atoms with Gasteiger partial charge in [0.05, 0.1) is 6.04 Å². The van der Waals surface area contributed by atoms with Crippen LogP contribution in [0.25, 0.3) is 0 Å². The fourth-order valence-corrected chi connectivity index (χ4v) is 3.47. The highest BCUT2D eigenvalue weighted by Gasteiger charge is 2.25. The molecular formula is C20H26N2. The van der Waals surface area contributed by atoms with Crippen molar-refractivity contribution in [2.45, 2.75) is 26.3 Å². The summed E-state index contributed by atoms with van der Waals surface area (Å²) in [5.74, 6) is 0. The first-order valence-corrected chi connectivity index (χ1v) is 8.33. The van der Waals surface area contributed by atoms with Crippen molar-refractivity contribution in [3.05, 3.63) is 70.8 Å². The van der Waals surface area contributed by atoms with E-state index in [0.29, 0.717) is 6.04 Å². The second-order valence-corrected chi connectivity index (χ2v) is 6.26. The van der Waals surface area contributed by atoms with Crippen LogP contribution in [0.3, 0.4) is 0 Å². The van der Waals surface area contributed by atoms with Crippen molar-refractivity contribution in [3.63, 3.8) is 0 Å². The minimum absolute atomic E-state index is 0.363. The molecule has 0 aromatic heterocycles. The molecule has 0 spiro atoms. The summed E-state index contributed by atoms with van der Waals surface area (Å²) in [5, 5.41) is 3.52. The van der Waals surface area contributed by atoms with Gasteiger partial charge in [-0.1, -0.05) is 48.5 Å². The molecule has 2 aromatic rings. The topological polar surface area (TPSA) is 15.3 Å². The zero-order valence-corrected chi connectivity index (χ0v) is 13.7. The summed E-state index contributed by atoms with van der Waals surface area (Å²) in [7, 11) is 0. The summed E-state index contributed by atoms with van der Waals surface area (Å²) in [6.07, 6.45) is 1.22. The lowest BCUT2D eigenvalue weighted by Gasteiger charge is -2.33. The highest BCUT2D eigenvalue weighted by atomic mass is 15.2. The summed E-state index contributed by atoms with van der Waals surface area (Å²) in [6, 6.07) is 18.0. The predicted octanol–water partition coefficient (Wildman–Crippen LogP) is 3.69. The molecule has 0 amide bonds. The third-order valence-corrected chi connectivity index (χ3v) is 4.71. The standard InChI is InChI=1S/C20H26N2/c1-16-8-3-5-10-18(16)20(19-11-6-4-9-17(19)2)22-14-7-12-21-13-15-22/h3-6,8-11,20-21H,7,12-15H2,1-2H3. The first kappa shape index (κ1) is 15.3. The predicted molar refractivity (Wildman–Crippen MR) is 93.3 cm³/mol. The zero-order chi connectivity index (χ0) is 15.4. The fourth-order valence-electron chi connectivity index (χ4n) is 3.47. The van der Waals surface area contributed by atoms with E-state index >= 15 is 0 Å². The van der Waals surface area contributed by atoms with Crippen LogP contribution in [-0.2, 0) is 0 Å². The number of nitrogens with one attached hydrogen (secondary N) is 1. The van der Waals surface area contributed by atoms with E-state index in [4.69, 9.17) is 0 Å². The summed E-state index contributed by atoms with van der Waals surface area (Å²) in [6.45, 7) is 8.93. The smallest absolute Gasteiger partial charge is 0.0607 e. The molecule has 0 unspecified atom stereocenters. The lowest BCUT2D eigenvalue weighted by atomic mass is 9.91. The van der Waals surface area contributed by atoms with Crippen LogP contribution in [0.5, 0.6) is 0 Å². The molecule has 1 heterocycles. The maximum Gasteiger partial charge on any atom is 0.0607 e. The van der Waals surface area contributed by atoms with Gasteiger partial charge in [0.1, 0.15) is 0 Å². The molecular weight excluding hydrogens is 268 g/mol. The normalized spacial score (nSPS) is 16.7. The van der Waals surface area contributed by atoms with Gasteiger partial charge in [-0.3, -0.25) is 4.90 Å². The first-order chi connectivity index (χ1) is 10.8. The van der Waals surface area contributed by atoms with E-state index in [1.54, 1.807) is 0 Å². The zero-order valence-electron chi connectivity index (χ0n) is 13.7. The van der Waals surface area contributed by atoms with Gasteiger partial charge in [0, 0.05) is 19.6 Å². The van der Waals surface area contributed by atoms with Gasteiger partial charge in [-0.2, -0.15) is 0 Å². The maximum absolute atomic E-state index is 3.52. The van der Waals surface area contributed by atoms with Crippen LogP contribution >= 0.6 is 0 Å². The lowest BCUT2D eigenvalue weighted by molar-refractivity contribution is 0.240. The van der Waals surface area contributed by atoms with E-state index in [1.165, 1.54) is 28.7 Å². The lowest BCUT2D eigenvalue weighted by Crippen LogP contribution is -2.33. The van der Waals surface area contributed by atoms with Crippen LogP contribution < -0.4 is 5.32 Å². The summed E-state index contributed by atoms with van der Waals surface area (Å²) < 4.78 is 0. The second kappa shape index (κ2) is 7.08. The van der Waals surface area contributed by atoms with Crippen molar-refractivity contribution >= 4 is 0 Å². The molecule has 2 heteroatoms. The fraction of sp³-hybridized carbons (Fsp3) is 0.400. The summed E-state index contributed by atoms with van der Waals surface area (Å²) >= 11 is 0. The largest absolute Gasteiger partial charge is 0.315 e. The average molecular weight is 294 g/mol. The molecule has 0 bridgehead atoms. The van der Waals surface area contributed by atoms with Crippen molar-refractivity contribution in [2.75, 3.05) is 26.2 Å². The van der Waals surface area contributed by atoms with Gasteiger partial charge >= 0.3 is 0 Å². The molecule has 0 radical (unpaired) electrons. The van der Waals surface area contributed by atoms with E-state index in [9.17, 15) is 0 Å². The third-order valence-electron chi connectivity index (χ3n) is 4.71. The molecule has 0 saturated carbocycles. The average Bonchev–Trinajstić information content (AvgIpc) is 2.80. The number of hydrogen-bond donors (Lipinski definition) is 1. The third kappa shape index (κ3) is 3.23. The molecule has 2 nitrogen and oxygen atoms in total. The molecule has 22 heavy (non-hydrogen) atoms. The Bertz CT molecular complexity index is 567. The van der Waals surface area contributed by atoms with Crippen LogP contribution in [0.15, 0.2) is 48.5 Å². The van der Waals surface area contributed by atoms with Crippen molar-refractivity contribution in [1.29, 1.82) is 0 Å². The second-order valence-electron chi connectivity index (χ2n) is 6.26. The molecule has 1 saturated heterocycles. The Kier molecular flexibility index (Phi) is 4.91. The molecule has 0 atom stereocenters. The van der Waals surface area contributed by atoms with Crippen molar-refractivity contribution in [1.82, 2.24) is 10.2 Å². The van der Waals surface area contributed by atoms with E-state index in [1.807, 2.05) is 0 Å². The van der Waals surface area contributed by atoms with Crippen LogP contribution in [-0.4, -0.2) is 31.1 Å². The van der Waals surface area contributed by atoms with Crippen molar-refractivity contribution in [2.24, 2.45) is 0 Å². The molecule has 3 rings (SSSR count). The molecule has 1 aliphatic heterocycles. The summed E-state index contributed by atoms with van der Waals surface area (Å²) in [4.78, 5) is 2.64. The Morgan fingerprint density at radius 1 is 0.818 bits per heavy atom. The number of rotatable bonds is 3. The monoisotopic (exact) mass is 294 g/mol. The highest BCUT2D eigenvalue weighted by Crippen LogP contribution is 2.32. The molecule has 1 aliphatic rings. The van der Waals surface area contributed by atoms with Gasteiger partial charge < -0.3 is 5.32 Å². The Morgan fingerprint density at radius 3 is 2.00 bits per heavy atom. The Hall–Kier alpha value is -1.64.